The van der Waals surface area contributed by atoms with Crippen LogP contribution >= 0.6 is 23.2 Å². The van der Waals surface area contributed by atoms with Crippen LogP contribution in [0.15, 0.2) is 48.5 Å². The van der Waals surface area contributed by atoms with Crippen molar-refractivity contribution in [3.8, 4) is 11.5 Å². The zero-order chi connectivity index (χ0) is 16.7. The van der Waals surface area contributed by atoms with E-state index in [2.05, 4.69) is 0 Å². The van der Waals surface area contributed by atoms with Gasteiger partial charge in [-0.05, 0) is 12.1 Å². The van der Waals surface area contributed by atoms with Crippen LogP contribution in [-0.4, -0.2) is 31.4 Å². The van der Waals surface area contributed by atoms with Crippen molar-refractivity contribution in [3.63, 3.8) is 0 Å². The zero-order valence-corrected chi connectivity index (χ0v) is 12.7. The van der Waals surface area contributed by atoms with Crippen molar-refractivity contribution < 1.29 is 25.2 Å². The highest BCUT2D eigenvalue weighted by atomic mass is 35.5. The van der Waals surface area contributed by atoms with E-state index in [1.54, 1.807) is 48.5 Å². The van der Waals surface area contributed by atoms with Gasteiger partial charge in [-0.3, -0.25) is 0 Å². The second-order valence-electron chi connectivity index (χ2n) is 4.21. The number of carboxylic acid groups (broad SMARTS) is 2. The Morgan fingerprint density at radius 1 is 0.818 bits per heavy atom. The molecule has 0 saturated carbocycles. The van der Waals surface area contributed by atoms with Gasteiger partial charge in [-0.25, -0.2) is 4.79 Å². The van der Waals surface area contributed by atoms with Gasteiger partial charge >= 0.3 is 6.16 Å². The lowest BCUT2D eigenvalue weighted by atomic mass is 9.91. The number of rotatable bonds is 3. The first-order valence-corrected chi connectivity index (χ1v) is 6.97. The van der Waals surface area contributed by atoms with Crippen molar-refractivity contribution in [2.24, 2.45) is 0 Å². The van der Waals surface area contributed by atoms with Crippen LogP contribution in [0.1, 0.15) is 17.0 Å². The Morgan fingerprint density at radius 3 is 1.41 bits per heavy atom. The summed E-state index contributed by atoms with van der Waals surface area (Å²) in [6.45, 7) is 0. The maximum Gasteiger partial charge on any atom is 0.503 e. The van der Waals surface area contributed by atoms with E-state index < -0.39 is 16.9 Å². The summed E-state index contributed by atoms with van der Waals surface area (Å²) in [7, 11) is 0. The molecule has 0 fully saturated rings. The van der Waals surface area contributed by atoms with Crippen molar-refractivity contribution in [1.82, 2.24) is 0 Å². The molecule has 4 N–H and O–H groups in total. The smallest absolute Gasteiger partial charge is 0.503 e. The minimum absolute atomic E-state index is 0.108. The standard InChI is InChI=1S/C14H12Cl2O2.CH2O3/c15-14(16)13(9-5-1-3-7-11(9)17)10-6-2-4-8-12(10)18;2-1(3)4/h1-8,13-14,17-18H;(H2,2,3,4). The Labute approximate surface area is 137 Å². The summed E-state index contributed by atoms with van der Waals surface area (Å²) in [5.41, 5.74) is 1.18. The molecule has 0 aliphatic heterocycles. The lowest BCUT2D eigenvalue weighted by Gasteiger charge is -2.20. The third-order valence-corrected chi connectivity index (χ3v) is 3.30. The molecule has 0 amide bonds. The quantitative estimate of drug-likeness (QED) is 0.623. The van der Waals surface area contributed by atoms with E-state index in [0.717, 1.165) is 0 Å². The molecule has 2 aromatic carbocycles. The molecule has 2 rings (SSSR count). The minimum atomic E-state index is -1.83. The number of para-hydroxylation sites is 2. The molecule has 2 aromatic rings. The van der Waals surface area contributed by atoms with Gasteiger partial charge in [0.2, 0.25) is 0 Å². The summed E-state index contributed by atoms with van der Waals surface area (Å²) in [5, 5.41) is 33.7. The molecule has 0 spiro atoms. The molecule has 0 aliphatic carbocycles. The number of carbonyl (C=O) groups is 1. The Bertz CT molecular complexity index is 581. The number of phenolic OH excluding ortho intramolecular Hbond substituents is 2. The first-order valence-electron chi connectivity index (χ1n) is 6.10. The van der Waals surface area contributed by atoms with E-state index in [4.69, 9.17) is 38.2 Å². The van der Waals surface area contributed by atoms with E-state index in [-0.39, 0.29) is 11.5 Å². The lowest BCUT2D eigenvalue weighted by molar-refractivity contribution is 0.137. The molecule has 7 heteroatoms. The minimum Gasteiger partial charge on any atom is -0.508 e. The number of hydrogen-bond donors (Lipinski definition) is 4. The molecule has 0 heterocycles. The van der Waals surface area contributed by atoms with Gasteiger partial charge in [0.1, 0.15) is 16.3 Å². The molecular weight excluding hydrogens is 331 g/mol. The first kappa shape index (κ1) is 17.9. The molecule has 0 saturated heterocycles. The highest BCUT2D eigenvalue weighted by molar-refractivity contribution is 6.45. The molecular formula is C15H14Cl2O5. The maximum atomic E-state index is 9.88. The van der Waals surface area contributed by atoms with E-state index in [9.17, 15) is 10.2 Å². The third-order valence-electron chi connectivity index (χ3n) is 2.80. The lowest BCUT2D eigenvalue weighted by Crippen LogP contribution is -2.09. The topological polar surface area (TPSA) is 98.0 Å². The summed E-state index contributed by atoms with van der Waals surface area (Å²) in [6, 6.07) is 13.6. The Hall–Kier alpha value is -2.11. The summed E-state index contributed by atoms with van der Waals surface area (Å²) < 4.78 is 0. The molecule has 0 radical (unpaired) electrons. The number of halogens is 2. The van der Waals surface area contributed by atoms with Gasteiger partial charge in [0, 0.05) is 17.0 Å². The van der Waals surface area contributed by atoms with E-state index >= 15 is 0 Å². The van der Waals surface area contributed by atoms with Crippen molar-refractivity contribution in [2.75, 3.05) is 0 Å². The summed E-state index contributed by atoms with van der Waals surface area (Å²) in [4.78, 5) is 7.78. The predicted molar refractivity (Wildman–Crippen MR) is 84.2 cm³/mol. The van der Waals surface area contributed by atoms with Crippen LogP contribution in [0.3, 0.4) is 0 Å². The average molecular weight is 345 g/mol. The second kappa shape index (κ2) is 8.36. The van der Waals surface area contributed by atoms with Gasteiger partial charge in [-0.15, -0.1) is 23.2 Å². The van der Waals surface area contributed by atoms with Gasteiger partial charge in [0.15, 0.2) is 0 Å². The number of alkyl halides is 2. The fraction of sp³-hybridized carbons (Fsp3) is 0.133. The highest BCUT2D eigenvalue weighted by Gasteiger charge is 2.26. The van der Waals surface area contributed by atoms with Gasteiger partial charge in [-0.2, -0.15) is 0 Å². The SMILES string of the molecule is O=C(O)O.Oc1ccccc1C(c1ccccc1O)C(Cl)Cl. The number of phenols is 2. The molecule has 22 heavy (non-hydrogen) atoms. The van der Waals surface area contributed by atoms with Crippen LogP contribution in [0.25, 0.3) is 0 Å². The molecule has 118 valence electrons. The zero-order valence-electron chi connectivity index (χ0n) is 11.2. The predicted octanol–water partition coefficient (Wildman–Crippen LogP) is 4.26. The molecule has 0 atom stereocenters. The molecule has 0 aliphatic rings. The van der Waals surface area contributed by atoms with Crippen LogP contribution in [0.5, 0.6) is 11.5 Å². The summed E-state index contributed by atoms with van der Waals surface area (Å²) in [5.74, 6) is -0.259. The number of aromatic hydroxyl groups is 2. The summed E-state index contributed by atoms with van der Waals surface area (Å²) in [6.07, 6.45) is -1.83. The van der Waals surface area contributed by atoms with Gasteiger partial charge < -0.3 is 20.4 Å². The monoisotopic (exact) mass is 344 g/mol. The van der Waals surface area contributed by atoms with E-state index in [1.807, 2.05) is 0 Å². The Kier molecular flexibility index (Phi) is 6.82. The van der Waals surface area contributed by atoms with Crippen LogP contribution in [0, 0.1) is 0 Å². The van der Waals surface area contributed by atoms with Gasteiger partial charge in [0.05, 0.1) is 0 Å². The second-order valence-corrected chi connectivity index (χ2v) is 5.38. The van der Waals surface area contributed by atoms with Gasteiger partial charge in [0.25, 0.3) is 0 Å². The number of benzene rings is 2. The van der Waals surface area contributed by atoms with E-state index in [1.165, 1.54) is 0 Å². The van der Waals surface area contributed by atoms with Gasteiger partial charge in [-0.1, -0.05) is 36.4 Å². The Balaban J connectivity index is 0.000000541. The first-order chi connectivity index (χ1) is 10.3. The van der Waals surface area contributed by atoms with Crippen molar-refractivity contribution >= 4 is 29.4 Å². The largest absolute Gasteiger partial charge is 0.508 e. The van der Waals surface area contributed by atoms with Crippen molar-refractivity contribution in [3.05, 3.63) is 59.7 Å². The molecule has 5 nitrogen and oxygen atoms in total. The molecule has 0 unspecified atom stereocenters. The number of hydrogen-bond acceptors (Lipinski definition) is 3. The third kappa shape index (κ3) is 5.02. The summed E-state index contributed by atoms with van der Waals surface area (Å²) >= 11 is 12.0. The average Bonchev–Trinajstić information content (AvgIpc) is 2.42. The van der Waals surface area contributed by atoms with Crippen LogP contribution in [0.2, 0.25) is 0 Å². The molecule has 0 bridgehead atoms. The van der Waals surface area contributed by atoms with E-state index in [0.29, 0.717) is 11.1 Å². The van der Waals surface area contributed by atoms with Crippen LogP contribution in [-0.2, 0) is 0 Å². The fourth-order valence-corrected chi connectivity index (χ4v) is 2.48. The Morgan fingerprint density at radius 2 is 1.14 bits per heavy atom. The highest BCUT2D eigenvalue weighted by Crippen LogP contribution is 2.40. The van der Waals surface area contributed by atoms with Crippen LogP contribution in [0.4, 0.5) is 4.79 Å². The maximum absolute atomic E-state index is 9.88. The fourth-order valence-electron chi connectivity index (χ4n) is 1.94. The van der Waals surface area contributed by atoms with Crippen molar-refractivity contribution in [2.45, 2.75) is 10.8 Å². The normalized spacial score (nSPS) is 10.2. The van der Waals surface area contributed by atoms with Crippen LogP contribution < -0.4 is 0 Å². The van der Waals surface area contributed by atoms with Crippen molar-refractivity contribution in [1.29, 1.82) is 0 Å². The molecule has 0 aromatic heterocycles.